The Bertz CT molecular complexity index is 356. The number of nitrogens with one attached hydrogen (secondary N) is 2. The summed E-state index contributed by atoms with van der Waals surface area (Å²) < 4.78 is 0. The van der Waals surface area contributed by atoms with Gasteiger partial charge in [-0.1, -0.05) is 6.92 Å². The molecule has 0 bridgehead atoms. The van der Waals surface area contributed by atoms with Crippen molar-refractivity contribution in [3.63, 3.8) is 0 Å². The average molecular weight is 238 g/mol. The normalized spacial score (nSPS) is 19.9. The van der Waals surface area contributed by atoms with Crippen molar-refractivity contribution in [1.29, 1.82) is 0 Å². The summed E-state index contributed by atoms with van der Waals surface area (Å²) in [6.45, 7) is 3.94. The number of aryl methyl sites for hydroxylation is 1. The van der Waals surface area contributed by atoms with Gasteiger partial charge in [-0.15, -0.1) is 11.3 Å². The standard InChI is InChI=1S/C12H18N2OS/c1-2-10-5-6-11(16-10)12(15)14-8-9-4-3-7-13-9/h5-6,9,13H,2-4,7-8H2,1H3,(H,14,15). The third-order valence-electron chi connectivity index (χ3n) is 2.91. The van der Waals surface area contributed by atoms with Gasteiger partial charge in [-0.05, 0) is 37.9 Å². The average Bonchev–Trinajstić information content (AvgIpc) is 2.96. The highest BCUT2D eigenvalue weighted by Crippen LogP contribution is 2.16. The monoisotopic (exact) mass is 238 g/mol. The Hall–Kier alpha value is -0.870. The summed E-state index contributed by atoms with van der Waals surface area (Å²) in [5.41, 5.74) is 0. The molecule has 1 amide bonds. The lowest BCUT2D eigenvalue weighted by Gasteiger charge is -2.10. The second-order valence-corrected chi connectivity index (χ2v) is 5.29. The van der Waals surface area contributed by atoms with Gasteiger partial charge in [0, 0.05) is 17.5 Å². The molecule has 0 spiro atoms. The summed E-state index contributed by atoms with van der Waals surface area (Å²) in [6, 6.07) is 4.42. The highest BCUT2D eigenvalue weighted by atomic mass is 32.1. The van der Waals surface area contributed by atoms with Crippen LogP contribution in [0.1, 0.15) is 34.3 Å². The van der Waals surface area contributed by atoms with Crippen LogP contribution in [0.2, 0.25) is 0 Å². The molecule has 1 aliphatic heterocycles. The zero-order valence-electron chi connectivity index (χ0n) is 9.58. The summed E-state index contributed by atoms with van der Waals surface area (Å²) in [6.07, 6.45) is 3.40. The molecule has 2 rings (SSSR count). The highest BCUT2D eigenvalue weighted by Gasteiger charge is 2.15. The quantitative estimate of drug-likeness (QED) is 0.839. The SMILES string of the molecule is CCc1ccc(C(=O)NCC2CCCN2)s1. The van der Waals surface area contributed by atoms with Gasteiger partial charge in [0.2, 0.25) is 0 Å². The van der Waals surface area contributed by atoms with Crippen LogP contribution in [0.3, 0.4) is 0 Å². The van der Waals surface area contributed by atoms with Crippen LogP contribution < -0.4 is 10.6 Å². The maximum atomic E-state index is 11.8. The lowest BCUT2D eigenvalue weighted by atomic mass is 10.2. The first-order valence-electron chi connectivity index (χ1n) is 5.90. The molecule has 1 aliphatic rings. The van der Waals surface area contributed by atoms with E-state index in [-0.39, 0.29) is 5.91 Å². The minimum Gasteiger partial charge on any atom is -0.350 e. The number of amides is 1. The largest absolute Gasteiger partial charge is 0.350 e. The van der Waals surface area contributed by atoms with E-state index < -0.39 is 0 Å². The minimum atomic E-state index is 0.0680. The molecule has 3 nitrogen and oxygen atoms in total. The van der Waals surface area contributed by atoms with Crippen molar-refractivity contribution in [3.05, 3.63) is 21.9 Å². The maximum absolute atomic E-state index is 11.8. The fraction of sp³-hybridized carbons (Fsp3) is 0.583. The maximum Gasteiger partial charge on any atom is 0.261 e. The van der Waals surface area contributed by atoms with E-state index in [4.69, 9.17) is 0 Å². The second-order valence-electron chi connectivity index (χ2n) is 4.12. The molecule has 1 aromatic rings. The molecule has 1 unspecified atom stereocenters. The first-order chi connectivity index (χ1) is 7.79. The predicted molar refractivity (Wildman–Crippen MR) is 67.1 cm³/mol. The Balaban J connectivity index is 1.82. The Morgan fingerprint density at radius 1 is 1.62 bits per heavy atom. The van der Waals surface area contributed by atoms with Crippen molar-refractivity contribution in [3.8, 4) is 0 Å². The molecule has 88 valence electrons. The molecule has 1 fully saturated rings. The van der Waals surface area contributed by atoms with Crippen LogP contribution in [0, 0.1) is 0 Å². The lowest BCUT2D eigenvalue weighted by molar-refractivity contribution is 0.0954. The molecule has 2 heterocycles. The van der Waals surface area contributed by atoms with Crippen LogP contribution in [-0.2, 0) is 6.42 Å². The molecular formula is C12H18N2OS. The van der Waals surface area contributed by atoms with Crippen molar-refractivity contribution >= 4 is 17.2 Å². The third kappa shape index (κ3) is 2.83. The van der Waals surface area contributed by atoms with E-state index in [1.807, 2.05) is 12.1 Å². The fourth-order valence-corrected chi connectivity index (χ4v) is 2.79. The van der Waals surface area contributed by atoms with E-state index >= 15 is 0 Å². The van der Waals surface area contributed by atoms with Gasteiger partial charge in [-0.25, -0.2) is 0 Å². The third-order valence-corrected chi connectivity index (χ3v) is 4.13. The van der Waals surface area contributed by atoms with Gasteiger partial charge >= 0.3 is 0 Å². The predicted octanol–water partition coefficient (Wildman–Crippen LogP) is 1.79. The number of hydrogen-bond donors (Lipinski definition) is 2. The van der Waals surface area contributed by atoms with E-state index in [1.165, 1.54) is 17.7 Å². The zero-order valence-corrected chi connectivity index (χ0v) is 10.4. The van der Waals surface area contributed by atoms with E-state index in [2.05, 4.69) is 17.6 Å². The molecule has 0 aromatic carbocycles. The molecule has 2 N–H and O–H groups in total. The Morgan fingerprint density at radius 2 is 2.50 bits per heavy atom. The number of carbonyl (C=O) groups excluding carboxylic acids is 1. The van der Waals surface area contributed by atoms with Gasteiger partial charge < -0.3 is 10.6 Å². The molecule has 0 radical (unpaired) electrons. The van der Waals surface area contributed by atoms with Crippen molar-refractivity contribution in [2.75, 3.05) is 13.1 Å². The van der Waals surface area contributed by atoms with E-state index in [0.29, 0.717) is 6.04 Å². The van der Waals surface area contributed by atoms with Crippen LogP contribution in [-0.4, -0.2) is 25.0 Å². The Labute approximate surface area is 100 Å². The molecule has 1 atom stereocenters. The van der Waals surface area contributed by atoms with Gasteiger partial charge in [-0.3, -0.25) is 4.79 Å². The van der Waals surface area contributed by atoms with Crippen molar-refractivity contribution < 1.29 is 4.79 Å². The Kier molecular flexibility index (Phi) is 3.96. The van der Waals surface area contributed by atoms with Crippen molar-refractivity contribution in [2.45, 2.75) is 32.2 Å². The van der Waals surface area contributed by atoms with Crippen LogP contribution >= 0.6 is 11.3 Å². The molecule has 1 aromatic heterocycles. The second kappa shape index (κ2) is 5.46. The van der Waals surface area contributed by atoms with Gasteiger partial charge in [0.1, 0.15) is 0 Å². The number of carbonyl (C=O) groups is 1. The summed E-state index contributed by atoms with van der Waals surface area (Å²) in [5.74, 6) is 0.0680. The van der Waals surface area contributed by atoms with Crippen LogP contribution in [0.25, 0.3) is 0 Å². The van der Waals surface area contributed by atoms with Gasteiger partial charge in [0.25, 0.3) is 5.91 Å². The van der Waals surface area contributed by atoms with Crippen molar-refractivity contribution in [1.82, 2.24) is 10.6 Å². The van der Waals surface area contributed by atoms with E-state index in [1.54, 1.807) is 11.3 Å². The summed E-state index contributed by atoms with van der Waals surface area (Å²) in [4.78, 5) is 13.9. The van der Waals surface area contributed by atoms with Crippen LogP contribution in [0.5, 0.6) is 0 Å². The van der Waals surface area contributed by atoms with Crippen LogP contribution in [0.4, 0.5) is 0 Å². The molecule has 0 saturated carbocycles. The first-order valence-corrected chi connectivity index (χ1v) is 6.71. The van der Waals surface area contributed by atoms with E-state index in [9.17, 15) is 4.79 Å². The highest BCUT2D eigenvalue weighted by molar-refractivity contribution is 7.14. The smallest absolute Gasteiger partial charge is 0.261 e. The first kappa shape index (κ1) is 11.6. The molecule has 4 heteroatoms. The minimum absolute atomic E-state index is 0.0680. The molecule has 16 heavy (non-hydrogen) atoms. The van der Waals surface area contributed by atoms with Crippen molar-refractivity contribution in [2.24, 2.45) is 0 Å². The molecule has 1 saturated heterocycles. The Morgan fingerprint density at radius 3 is 3.12 bits per heavy atom. The van der Waals surface area contributed by atoms with Gasteiger partial charge in [0.15, 0.2) is 0 Å². The summed E-state index contributed by atoms with van der Waals surface area (Å²) >= 11 is 1.59. The topological polar surface area (TPSA) is 41.1 Å². The van der Waals surface area contributed by atoms with Crippen LogP contribution in [0.15, 0.2) is 12.1 Å². The van der Waals surface area contributed by atoms with Gasteiger partial charge in [0.05, 0.1) is 4.88 Å². The zero-order chi connectivity index (χ0) is 11.4. The number of thiophene rings is 1. The van der Waals surface area contributed by atoms with Gasteiger partial charge in [-0.2, -0.15) is 0 Å². The van der Waals surface area contributed by atoms with E-state index in [0.717, 1.165) is 24.4 Å². The fourth-order valence-electron chi connectivity index (χ4n) is 1.92. The number of rotatable bonds is 4. The number of hydrogen-bond acceptors (Lipinski definition) is 3. The summed E-state index contributed by atoms with van der Waals surface area (Å²) in [7, 11) is 0. The summed E-state index contributed by atoms with van der Waals surface area (Å²) in [5, 5.41) is 6.36. The lowest BCUT2D eigenvalue weighted by Crippen LogP contribution is -2.36. The molecule has 0 aliphatic carbocycles. The molecular weight excluding hydrogens is 220 g/mol.